The van der Waals surface area contributed by atoms with Gasteiger partial charge in [-0.2, -0.15) is 18.2 Å². The van der Waals surface area contributed by atoms with Crippen LogP contribution >= 0.6 is 8.51 Å². The summed E-state index contributed by atoms with van der Waals surface area (Å²) in [6.45, 7) is 0. The fourth-order valence-electron chi connectivity index (χ4n) is 0.642. The Morgan fingerprint density at radius 2 is 1.08 bits per heavy atom. The average Bonchev–Trinajstić information content (AvgIpc) is 2.87. The van der Waals surface area contributed by atoms with Crippen molar-refractivity contribution in [3.05, 3.63) is 60.7 Å². The van der Waals surface area contributed by atoms with Gasteiger partial charge in [0.1, 0.15) is 0 Å². The van der Waals surface area contributed by atoms with Gasteiger partial charge in [0, 0.05) is 0 Å². The zero-order valence-electron chi connectivity index (χ0n) is 6.73. The van der Waals surface area contributed by atoms with Crippen LogP contribution in [-0.2, 0) is 23.5 Å². The first kappa shape index (κ1) is 11.9. The Morgan fingerprint density at radius 3 is 1.25 bits per heavy atom. The van der Waals surface area contributed by atoms with Gasteiger partial charge >= 0.3 is 32.0 Å². The molecule has 0 radical (unpaired) electrons. The fraction of sp³-hybridized carbons (Fsp3) is 0. The van der Waals surface area contributed by atoms with Crippen LogP contribution in [0, 0.1) is 0 Å². The Hall–Kier alpha value is -0.127. The van der Waals surface area contributed by atoms with Crippen molar-refractivity contribution in [1.29, 1.82) is 0 Å². The molecule has 2 aromatic carbocycles. The summed E-state index contributed by atoms with van der Waals surface area (Å²) in [7, 11) is 4.77. The third-order valence-electron chi connectivity index (χ3n) is 1.11. The molecule has 0 aliphatic carbocycles. The van der Waals surface area contributed by atoms with Gasteiger partial charge < -0.3 is 30.3 Å². The van der Waals surface area contributed by atoms with Gasteiger partial charge in [0.25, 0.3) is 0 Å². The SMILES string of the molecule is [Cl][ZrH].[cH-]1[cH-][cH-][cH-][cH-]1.c1cc[cH-]c1. The summed E-state index contributed by atoms with van der Waals surface area (Å²) in [5, 5.41) is 0. The Morgan fingerprint density at radius 1 is 0.750 bits per heavy atom. The molecular formula is C10H11ClZr-6. The molecule has 2 aromatic rings. The second-order valence-electron chi connectivity index (χ2n) is 1.92. The predicted octanol–water partition coefficient (Wildman–Crippen LogP) is 3.23. The summed E-state index contributed by atoms with van der Waals surface area (Å²) in [4.78, 5) is 0. The Kier molecular flexibility index (Phi) is 10.8. The Labute approximate surface area is 92.3 Å². The van der Waals surface area contributed by atoms with E-state index in [1.165, 1.54) is 0 Å². The fourth-order valence-corrected chi connectivity index (χ4v) is 0.642. The number of rotatable bonds is 0. The van der Waals surface area contributed by atoms with Crippen molar-refractivity contribution >= 4 is 8.51 Å². The molecule has 0 amide bonds. The molecule has 0 aliphatic rings. The van der Waals surface area contributed by atoms with Crippen LogP contribution in [0.2, 0.25) is 0 Å². The molecule has 0 saturated carbocycles. The van der Waals surface area contributed by atoms with Gasteiger partial charge in [0.15, 0.2) is 0 Å². The maximum atomic E-state index is 4.77. The van der Waals surface area contributed by atoms with Crippen LogP contribution < -0.4 is 0 Å². The van der Waals surface area contributed by atoms with E-state index in [0.717, 1.165) is 23.5 Å². The van der Waals surface area contributed by atoms with Crippen molar-refractivity contribution in [2.24, 2.45) is 0 Å². The minimum absolute atomic E-state index is 0.822. The maximum Gasteiger partial charge on any atom is -0.172 e. The number of hydrogen-bond acceptors (Lipinski definition) is 0. The Bertz CT molecular complexity index is 149. The van der Waals surface area contributed by atoms with E-state index in [-0.39, 0.29) is 0 Å². The second-order valence-corrected chi connectivity index (χ2v) is 1.92. The van der Waals surface area contributed by atoms with Gasteiger partial charge in [0.05, 0.1) is 0 Å². The molecule has 0 N–H and O–H groups in total. The standard InChI is InChI=1S/2C5H5.ClH.Zr.H/c2*1-2-4-5-3-1;;;/h2*1-5H;1H;;/q-5;-1;;+1;/p-1. The zero-order valence-corrected chi connectivity index (χ0v) is 10.3. The molecule has 0 fully saturated rings. The third kappa shape index (κ3) is 7.97. The molecule has 0 atom stereocenters. The summed E-state index contributed by atoms with van der Waals surface area (Å²) in [6.07, 6.45) is 0. The summed E-state index contributed by atoms with van der Waals surface area (Å²) < 4.78 is 0. The second kappa shape index (κ2) is 10.9. The average molecular weight is 258 g/mol. The van der Waals surface area contributed by atoms with Crippen LogP contribution in [0.5, 0.6) is 0 Å². The molecule has 68 valence electrons. The van der Waals surface area contributed by atoms with Crippen LogP contribution in [-0.4, -0.2) is 0 Å². The van der Waals surface area contributed by atoms with E-state index in [1.807, 2.05) is 60.7 Å². The van der Waals surface area contributed by atoms with Crippen LogP contribution in [0.25, 0.3) is 0 Å². The summed E-state index contributed by atoms with van der Waals surface area (Å²) in [5.74, 6) is 0. The van der Waals surface area contributed by atoms with Crippen LogP contribution in [0.15, 0.2) is 60.7 Å². The minimum Gasteiger partial charge on any atom is -0.748 e. The molecule has 2 heteroatoms. The Balaban J connectivity index is 0.000000168. The van der Waals surface area contributed by atoms with Crippen LogP contribution in [0.1, 0.15) is 0 Å². The zero-order chi connectivity index (χ0) is 9.07. The van der Waals surface area contributed by atoms with Crippen molar-refractivity contribution < 1.29 is 23.5 Å². The maximum absolute atomic E-state index is 4.77. The van der Waals surface area contributed by atoms with Gasteiger partial charge in [-0.1, -0.05) is 0 Å². The smallest absolute Gasteiger partial charge is 0.172 e. The molecule has 0 aromatic heterocycles. The van der Waals surface area contributed by atoms with E-state index in [4.69, 9.17) is 8.51 Å². The van der Waals surface area contributed by atoms with E-state index in [2.05, 4.69) is 0 Å². The normalized spacial score (nSPS) is 7.08. The van der Waals surface area contributed by atoms with E-state index in [0.29, 0.717) is 0 Å². The molecule has 0 heterocycles. The van der Waals surface area contributed by atoms with Gasteiger partial charge in [-0.15, -0.1) is 0 Å². The molecule has 0 nitrogen and oxygen atoms in total. The largest absolute Gasteiger partial charge is 0.748 e. The molecule has 0 bridgehead atoms. The van der Waals surface area contributed by atoms with Crippen molar-refractivity contribution in [2.75, 3.05) is 0 Å². The van der Waals surface area contributed by atoms with Crippen molar-refractivity contribution in [3.8, 4) is 0 Å². The number of hydrogen-bond donors (Lipinski definition) is 0. The van der Waals surface area contributed by atoms with Crippen molar-refractivity contribution in [1.82, 2.24) is 0 Å². The van der Waals surface area contributed by atoms with Crippen molar-refractivity contribution in [2.45, 2.75) is 0 Å². The topological polar surface area (TPSA) is 0 Å². The van der Waals surface area contributed by atoms with E-state index >= 15 is 0 Å². The minimum atomic E-state index is 0.822. The predicted molar refractivity (Wildman–Crippen MR) is 51.3 cm³/mol. The molecular weight excluding hydrogens is 247 g/mol. The molecule has 12 heavy (non-hydrogen) atoms. The summed E-state index contributed by atoms with van der Waals surface area (Å²) in [6, 6.07) is 20.0. The molecule has 0 unspecified atom stereocenters. The van der Waals surface area contributed by atoms with Gasteiger partial charge in [-0.3, -0.25) is 0 Å². The monoisotopic (exact) mass is 256 g/mol. The van der Waals surface area contributed by atoms with Crippen LogP contribution in [0.3, 0.4) is 0 Å². The molecule has 0 aliphatic heterocycles. The van der Waals surface area contributed by atoms with E-state index in [1.54, 1.807) is 0 Å². The van der Waals surface area contributed by atoms with Gasteiger partial charge in [0.2, 0.25) is 0 Å². The van der Waals surface area contributed by atoms with Crippen LogP contribution in [0.4, 0.5) is 0 Å². The summed E-state index contributed by atoms with van der Waals surface area (Å²) in [5.41, 5.74) is 0. The van der Waals surface area contributed by atoms with Gasteiger partial charge in [-0.25, -0.2) is 12.1 Å². The first-order valence-corrected chi connectivity index (χ1v) is 7.21. The molecule has 2 rings (SSSR count). The quantitative estimate of drug-likeness (QED) is 0.636. The third-order valence-corrected chi connectivity index (χ3v) is 1.11. The first-order valence-electron chi connectivity index (χ1n) is 3.55. The first-order chi connectivity index (χ1) is 6.00. The van der Waals surface area contributed by atoms with Crippen molar-refractivity contribution in [3.63, 3.8) is 0 Å². The number of halogens is 1. The van der Waals surface area contributed by atoms with Gasteiger partial charge in [-0.05, 0) is 0 Å². The molecule has 0 spiro atoms. The van der Waals surface area contributed by atoms with E-state index in [9.17, 15) is 0 Å². The van der Waals surface area contributed by atoms with E-state index < -0.39 is 0 Å². The molecule has 0 saturated heterocycles. The summed E-state index contributed by atoms with van der Waals surface area (Å²) >= 11 is 0.822.